The molecule has 2 nitrogen and oxygen atoms in total. The van der Waals surface area contributed by atoms with Crippen LogP contribution >= 0.6 is 27.3 Å². The van der Waals surface area contributed by atoms with E-state index in [-0.39, 0.29) is 12.1 Å². The molecule has 19 heavy (non-hydrogen) atoms. The fourth-order valence-electron chi connectivity index (χ4n) is 1.91. The molecule has 0 radical (unpaired) electrons. The molecule has 0 saturated heterocycles. The molecule has 0 bridgehead atoms. The predicted molar refractivity (Wildman–Crippen MR) is 84.4 cm³/mol. The molecule has 102 valence electrons. The van der Waals surface area contributed by atoms with E-state index >= 15 is 0 Å². The van der Waals surface area contributed by atoms with E-state index in [1.807, 2.05) is 19.1 Å². The number of hydrogen-bond donors (Lipinski definition) is 1. The summed E-state index contributed by atoms with van der Waals surface area (Å²) in [6, 6.07) is 12.3. The van der Waals surface area contributed by atoms with Crippen molar-refractivity contribution in [3.8, 4) is 0 Å². The van der Waals surface area contributed by atoms with Gasteiger partial charge >= 0.3 is 0 Å². The molecule has 1 heterocycles. The van der Waals surface area contributed by atoms with Gasteiger partial charge in [-0.05, 0) is 43.7 Å². The van der Waals surface area contributed by atoms with Gasteiger partial charge in [-0.2, -0.15) is 0 Å². The lowest BCUT2D eigenvalue weighted by Crippen LogP contribution is -2.26. The molecule has 0 amide bonds. The maximum Gasteiger partial charge on any atom is 0.107 e. The van der Waals surface area contributed by atoms with Crippen LogP contribution in [0.1, 0.15) is 28.3 Å². The van der Waals surface area contributed by atoms with Gasteiger partial charge in [0.25, 0.3) is 0 Å². The highest BCUT2D eigenvalue weighted by Crippen LogP contribution is 2.28. The third-order valence-electron chi connectivity index (χ3n) is 2.84. The first-order chi connectivity index (χ1) is 9.06. The van der Waals surface area contributed by atoms with E-state index in [2.05, 4.69) is 47.1 Å². The molecule has 0 saturated carbocycles. The molecule has 0 spiro atoms. The lowest BCUT2D eigenvalue weighted by Gasteiger charge is -2.20. The highest BCUT2D eigenvalue weighted by atomic mass is 79.9. The molecule has 0 aliphatic heterocycles. The van der Waals surface area contributed by atoms with Gasteiger partial charge in [0, 0.05) is 20.3 Å². The smallest absolute Gasteiger partial charge is 0.107 e. The second-order valence-electron chi connectivity index (χ2n) is 4.67. The van der Waals surface area contributed by atoms with E-state index in [4.69, 9.17) is 10.5 Å². The SMILES string of the molecule is Cc1ccc(C(OCc2cccc(Br)c2)C(C)N)s1. The average Bonchev–Trinajstić information content (AvgIpc) is 2.76. The van der Waals surface area contributed by atoms with Crippen LogP contribution in [0.2, 0.25) is 0 Å². The zero-order valence-corrected chi connectivity index (χ0v) is 13.5. The molecule has 1 aromatic heterocycles. The molecule has 2 atom stereocenters. The van der Waals surface area contributed by atoms with Crippen molar-refractivity contribution in [1.29, 1.82) is 0 Å². The topological polar surface area (TPSA) is 35.2 Å². The van der Waals surface area contributed by atoms with Crippen LogP contribution in [0.15, 0.2) is 40.9 Å². The van der Waals surface area contributed by atoms with Gasteiger partial charge in [0.15, 0.2) is 0 Å². The Hall–Kier alpha value is -0.680. The van der Waals surface area contributed by atoms with Gasteiger partial charge in [-0.3, -0.25) is 0 Å². The minimum absolute atomic E-state index is 0.0230. The van der Waals surface area contributed by atoms with Gasteiger partial charge in [0.1, 0.15) is 6.10 Å². The summed E-state index contributed by atoms with van der Waals surface area (Å²) in [6.45, 7) is 4.66. The molecular formula is C15H18BrNOS. The maximum absolute atomic E-state index is 6.04. The summed E-state index contributed by atoms with van der Waals surface area (Å²) in [5, 5.41) is 0. The molecule has 2 rings (SSSR count). The first-order valence-electron chi connectivity index (χ1n) is 6.24. The Labute approximate surface area is 126 Å². The minimum atomic E-state index is -0.0438. The van der Waals surface area contributed by atoms with Crippen LogP contribution in [-0.4, -0.2) is 6.04 Å². The van der Waals surface area contributed by atoms with Crippen LogP contribution in [0.4, 0.5) is 0 Å². The Bertz CT molecular complexity index is 538. The Balaban J connectivity index is 2.06. The predicted octanol–water partition coefficient (Wildman–Crippen LogP) is 4.42. The summed E-state index contributed by atoms with van der Waals surface area (Å²) in [5.41, 5.74) is 7.19. The summed E-state index contributed by atoms with van der Waals surface area (Å²) < 4.78 is 7.08. The minimum Gasteiger partial charge on any atom is -0.366 e. The van der Waals surface area contributed by atoms with Crippen molar-refractivity contribution < 1.29 is 4.74 Å². The summed E-state index contributed by atoms with van der Waals surface area (Å²) in [6.07, 6.45) is -0.0438. The van der Waals surface area contributed by atoms with E-state index in [1.54, 1.807) is 11.3 Å². The standard InChI is InChI=1S/C15H18BrNOS/c1-10-6-7-14(19-10)15(11(2)17)18-9-12-4-3-5-13(16)8-12/h3-8,11,15H,9,17H2,1-2H3. The van der Waals surface area contributed by atoms with E-state index < -0.39 is 0 Å². The summed E-state index contributed by atoms with van der Waals surface area (Å²) in [5.74, 6) is 0. The number of aryl methyl sites for hydroxylation is 1. The molecule has 2 N–H and O–H groups in total. The zero-order valence-electron chi connectivity index (χ0n) is 11.1. The van der Waals surface area contributed by atoms with Gasteiger partial charge in [-0.1, -0.05) is 28.1 Å². The monoisotopic (exact) mass is 339 g/mol. The Kier molecular flexibility index (Phi) is 5.16. The van der Waals surface area contributed by atoms with Crippen LogP contribution in [-0.2, 0) is 11.3 Å². The van der Waals surface area contributed by atoms with Crippen molar-refractivity contribution in [3.63, 3.8) is 0 Å². The Morgan fingerprint density at radius 3 is 2.68 bits per heavy atom. The van der Waals surface area contributed by atoms with Crippen molar-refractivity contribution >= 4 is 27.3 Å². The number of benzene rings is 1. The van der Waals surface area contributed by atoms with Crippen LogP contribution in [0.5, 0.6) is 0 Å². The maximum atomic E-state index is 6.04. The summed E-state index contributed by atoms with van der Waals surface area (Å²) in [4.78, 5) is 2.48. The highest BCUT2D eigenvalue weighted by molar-refractivity contribution is 9.10. The van der Waals surface area contributed by atoms with Crippen LogP contribution in [0.3, 0.4) is 0 Å². The molecule has 2 aromatic rings. The normalized spacial score (nSPS) is 14.3. The lowest BCUT2D eigenvalue weighted by molar-refractivity contribution is 0.0282. The molecule has 0 aliphatic carbocycles. The summed E-state index contributed by atoms with van der Waals surface area (Å²) >= 11 is 5.22. The van der Waals surface area contributed by atoms with Gasteiger partial charge in [-0.15, -0.1) is 11.3 Å². The second kappa shape index (κ2) is 6.66. The Morgan fingerprint density at radius 1 is 1.32 bits per heavy atom. The number of ether oxygens (including phenoxy) is 1. The van der Waals surface area contributed by atoms with Gasteiger partial charge in [0.05, 0.1) is 6.61 Å². The third-order valence-corrected chi connectivity index (χ3v) is 4.39. The van der Waals surface area contributed by atoms with E-state index in [0.717, 1.165) is 10.0 Å². The van der Waals surface area contributed by atoms with E-state index in [0.29, 0.717) is 6.61 Å². The van der Waals surface area contributed by atoms with Gasteiger partial charge in [0.2, 0.25) is 0 Å². The summed E-state index contributed by atoms with van der Waals surface area (Å²) in [7, 11) is 0. The van der Waals surface area contributed by atoms with Crippen LogP contribution in [0, 0.1) is 6.92 Å². The van der Waals surface area contributed by atoms with Crippen molar-refractivity contribution in [2.75, 3.05) is 0 Å². The molecular weight excluding hydrogens is 322 g/mol. The number of thiophene rings is 1. The first kappa shape index (κ1) is 14.7. The fourth-order valence-corrected chi connectivity index (χ4v) is 3.40. The van der Waals surface area contributed by atoms with E-state index in [1.165, 1.54) is 9.75 Å². The molecule has 1 aromatic carbocycles. The first-order valence-corrected chi connectivity index (χ1v) is 7.85. The lowest BCUT2D eigenvalue weighted by atomic mass is 10.1. The number of nitrogens with two attached hydrogens (primary N) is 1. The second-order valence-corrected chi connectivity index (χ2v) is 6.90. The largest absolute Gasteiger partial charge is 0.366 e. The fraction of sp³-hybridized carbons (Fsp3) is 0.333. The highest BCUT2D eigenvalue weighted by Gasteiger charge is 2.18. The molecule has 0 aliphatic rings. The van der Waals surface area contributed by atoms with Crippen molar-refractivity contribution in [2.24, 2.45) is 5.73 Å². The van der Waals surface area contributed by atoms with Crippen molar-refractivity contribution in [1.82, 2.24) is 0 Å². The third kappa shape index (κ3) is 4.14. The van der Waals surface area contributed by atoms with Gasteiger partial charge in [-0.25, -0.2) is 0 Å². The zero-order chi connectivity index (χ0) is 13.8. The van der Waals surface area contributed by atoms with Gasteiger partial charge < -0.3 is 10.5 Å². The Morgan fingerprint density at radius 2 is 2.11 bits per heavy atom. The van der Waals surface area contributed by atoms with Crippen molar-refractivity contribution in [3.05, 3.63) is 56.2 Å². The van der Waals surface area contributed by atoms with Crippen molar-refractivity contribution in [2.45, 2.75) is 32.6 Å². The quantitative estimate of drug-likeness (QED) is 0.874. The number of halogens is 1. The molecule has 2 unspecified atom stereocenters. The average molecular weight is 340 g/mol. The molecule has 4 heteroatoms. The molecule has 0 fully saturated rings. The number of rotatable bonds is 5. The van der Waals surface area contributed by atoms with Crippen LogP contribution in [0.25, 0.3) is 0 Å². The van der Waals surface area contributed by atoms with Crippen LogP contribution < -0.4 is 5.73 Å². The van der Waals surface area contributed by atoms with E-state index in [9.17, 15) is 0 Å². The number of hydrogen-bond acceptors (Lipinski definition) is 3.